The summed E-state index contributed by atoms with van der Waals surface area (Å²) in [5.41, 5.74) is 2.59. The monoisotopic (exact) mass is 461 g/mol. The van der Waals surface area contributed by atoms with Crippen molar-refractivity contribution in [2.75, 3.05) is 26.2 Å². The van der Waals surface area contributed by atoms with Gasteiger partial charge in [0.1, 0.15) is 5.69 Å². The Morgan fingerprint density at radius 1 is 1.00 bits per heavy atom. The number of hydrogen-bond donors (Lipinski definition) is 1. The minimum atomic E-state index is -3.55. The van der Waals surface area contributed by atoms with Crippen LogP contribution in [0.2, 0.25) is 0 Å². The van der Waals surface area contributed by atoms with Crippen molar-refractivity contribution in [1.29, 1.82) is 0 Å². The van der Waals surface area contributed by atoms with Crippen LogP contribution in [-0.2, 0) is 10.0 Å². The zero-order valence-electron chi connectivity index (χ0n) is 15.4. The summed E-state index contributed by atoms with van der Waals surface area (Å²) in [5, 5.41) is 1.000. The highest BCUT2D eigenvalue weighted by molar-refractivity contribution is 9.10. The highest BCUT2D eigenvalue weighted by Crippen LogP contribution is 2.22. The summed E-state index contributed by atoms with van der Waals surface area (Å²) in [7, 11) is -3.55. The van der Waals surface area contributed by atoms with E-state index >= 15 is 0 Å². The van der Waals surface area contributed by atoms with Crippen LogP contribution < -0.4 is 0 Å². The minimum Gasteiger partial charge on any atom is -0.351 e. The summed E-state index contributed by atoms with van der Waals surface area (Å²) in [6.45, 7) is 3.30. The molecule has 1 aliphatic heterocycles. The third-order valence-electron chi connectivity index (χ3n) is 4.98. The Labute approximate surface area is 172 Å². The first kappa shape index (κ1) is 19.2. The molecule has 0 unspecified atom stereocenters. The fourth-order valence-corrected chi connectivity index (χ4v) is 5.11. The van der Waals surface area contributed by atoms with Crippen LogP contribution in [0.4, 0.5) is 0 Å². The number of halogens is 1. The Hall–Kier alpha value is -2.16. The van der Waals surface area contributed by atoms with Crippen molar-refractivity contribution in [2.24, 2.45) is 0 Å². The highest BCUT2D eigenvalue weighted by Gasteiger charge is 2.30. The van der Waals surface area contributed by atoms with E-state index in [-0.39, 0.29) is 23.9 Å². The van der Waals surface area contributed by atoms with Gasteiger partial charge in [0, 0.05) is 41.6 Å². The number of nitrogens with zero attached hydrogens (tertiary/aromatic N) is 2. The highest BCUT2D eigenvalue weighted by atomic mass is 79.9. The first-order valence-corrected chi connectivity index (χ1v) is 11.2. The van der Waals surface area contributed by atoms with Crippen molar-refractivity contribution in [3.05, 3.63) is 64.3 Å². The Morgan fingerprint density at radius 3 is 2.36 bits per heavy atom. The zero-order valence-corrected chi connectivity index (χ0v) is 17.8. The van der Waals surface area contributed by atoms with Crippen molar-refractivity contribution >= 4 is 42.8 Å². The van der Waals surface area contributed by atoms with E-state index in [0.717, 1.165) is 20.9 Å². The molecule has 28 heavy (non-hydrogen) atoms. The largest absolute Gasteiger partial charge is 0.351 e. The standard InChI is InChI=1S/C20H20BrN3O3S/c1-14-2-7-18-15(12-14)13-19(22-18)20(25)23-8-10-24(11-9-23)28(26,27)17-5-3-16(21)4-6-17/h2-7,12-13,22H,8-11H2,1H3. The fourth-order valence-electron chi connectivity index (χ4n) is 3.42. The number of rotatable bonds is 3. The van der Waals surface area contributed by atoms with Gasteiger partial charge in [0.05, 0.1) is 4.90 Å². The maximum atomic E-state index is 12.8. The van der Waals surface area contributed by atoms with Crippen molar-refractivity contribution in [2.45, 2.75) is 11.8 Å². The second-order valence-corrected chi connectivity index (χ2v) is 9.78. The molecule has 2 aromatic carbocycles. The second kappa shape index (κ2) is 7.35. The summed E-state index contributed by atoms with van der Waals surface area (Å²) in [5.74, 6) is -0.102. The number of carbonyl (C=O) groups excluding carboxylic acids is 1. The number of aromatic nitrogens is 1. The predicted molar refractivity (Wildman–Crippen MR) is 112 cm³/mol. The molecule has 1 saturated heterocycles. The molecule has 2 heterocycles. The molecule has 0 bridgehead atoms. The average Bonchev–Trinajstić information content (AvgIpc) is 3.11. The lowest BCUT2D eigenvalue weighted by Gasteiger charge is -2.33. The molecule has 4 rings (SSSR count). The van der Waals surface area contributed by atoms with Crippen molar-refractivity contribution in [1.82, 2.24) is 14.2 Å². The normalized spacial score (nSPS) is 15.9. The number of hydrogen-bond acceptors (Lipinski definition) is 3. The average molecular weight is 462 g/mol. The van der Waals surface area contributed by atoms with Gasteiger partial charge < -0.3 is 9.88 Å². The molecule has 1 amide bonds. The Bertz CT molecular complexity index is 1130. The second-order valence-electron chi connectivity index (χ2n) is 6.92. The number of piperazine rings is 1. The van der Waals surface area contributed by atoms with Crippen molar-refractivity contribution in [3.63, 3.8) is 0 Å². The molecular weight excluding hydrogens is 442 g/mol. The minimum absolute atomic E-state index is 0.102. The van der Waals surface area contributed by atoms with E-state index in [1.807, 2.05) is 31.2 Å². The first-order valence-electron chi connectivity index (χ1n) is 8.99. The number of carbonyl (C=O) groups is 1. The zero-order chi connectivity index (χ0) is 19.9. The summed E-state index contributed by atoms with van der Waals surface area (Å²) in [4.78, 5) is 18.0. The van der Waals surface area contributed by atoms with Crippen LogP contribution in [0.3, 0.4) is 0 Å². The van der Waals surface area contributed by atoms with Crippen molar-refractivity contribution < 1.29 is 13.2 Å². The van der Waals surface area contributed by atoms with Crippen LogP contribution in [0, 0.1) is 6.92 Å². The molecule has 0 spiro atoms. The third-order valence-corrected chi connectivity index (χ3v) is 7.43. The molecule has 1 fully saturated rings. The van der Waals surface area contributed by atoms with Gasteiger partial charge in [0.15, 0.2) is 0 Å². The number of H-pyrrole nitrogens is 1. The predicted octanol–water partition coefficient (Wildman–Crippen LogP) is 3.39. The molecule has 3 aromatic rings. The lowest BCUT2D eigenvalue weighted by Crippen LogP contribution is -2.50. The van der Waals surface area contributed by atoms with Crippen molar-refractivity contribution in [3.8, 4) is 0 Å². The van der Waals surface area contributed by atoms with Gasteiger partial charge >= 0.3 is 0 Å². The third kappa shape index (κ3) is 3.59. The summed E-state index contributed by atoms with van der Waals surface area (Å²) in [6.07, 6.45) is 0. The van der Waals surface area contributed by atoms with Gasteiger partial charge in [0.2, 0.25) is 10.0 Å². The molecular formula is C20H20BrN3O3S. The van der Waals surface area contributed by atoms with E-state index in [9.17, 15) is 13.2 Å². The van der Waals surface area contributed by atoms with Crippen LogP contribution in [0.15, 0.2) is 57.9 Å². The Morgan fingerprint density at radius 2 is 1.68 bits per heavy atom. The van der Waals surface area contributed by atoms with Crippen LogP contribution in [0.5, 0.6) is 0 Å². The quantitative estimate of drug-likeness (QED) is 0.649. The van der Waals surface area contributed by atoms with Gasteiger partial charge in [0.25, 0.3) is 5.91 Å². The number of amides is 1. The number of aromatic amines is 1. The number of sulfonamides is 1. The Balaban J connectivity index is 1.47. The fraction of sp³-hybridized carbons (Fsp3) is 0.250. The summed E-state index contributed by atoms with van der Waals surface area (Å²) in [6, 6.07) is 14.4. The molecule has 0 atom stereocenters. The van der Waals surface area contributed by atoms with Gasteiger partial charge in [-0.05, 0) is 49.4 Å². The van der Waals surface area contributed by atoms with Gasteiger partial charge in [-0.15, -0.1) is 0 Å². The Kier molecular flexibility index (Phi) is 5.03. The molecule has 6 nitrogen and oxygen atoms in total. The molecule has 8 heteroatoms. The topological polar surface area (TPSA) is 73.5 Å². The van der Waals surface area contributed by atoms with Crippen LogP contribution in [-0.4, -0.2) is 54.7 Å². The first-order chi connectivity index (χ1) is 13.3. The number of aryl methyl sites for hydroxylation is 1. The molecule has 1 aromatic heterocycles. The van der Waals surface area contributed by atoms with Gasteiger partial charge in [-0.1, -0.05) is 27.6 Å². The van der Waals surface area contributed by atoms with E-state index in [1.54, 1.807) is 29.2 Å². The lowest BCUT2D eigenvalue weighted by molar-refractivity contribution is 0.0693. The van der Waals surface area contributed by atoms with Gasteiger partial charge in [-0.25, -0.2) is 8.42 Å². The molecule has 146 valence electrons. The van der Waals surface area contributed by atoms with Gasteiger partial charge in [-0.3, -0.25) is 4.79 Å². The number of fused-ring (bicyclic) bond motifs is 1. The maximum absolute atomic E-state index is 12.8. The molecule has 1 aliphatic rings. The van der Waals surface area contributed by atoms with E-state index in [0.29, 0.717) is 18.8 Å². The van der Waals surface area contributed by atoms with E-state index in [1.165, 1.54) is 4.31 Å². The summed E-state index contributed by atoms with van der Waals surface area (Å²) >= 11 is 3.32. The van der Waals surface area contributed by atoms with E-state index in [2.05, 4.69) is 20.9 Å². The number of benzene rings is 2. The lowest BCUT2D eigenvalue weighted by atomic mass is 10.2. The maximum Gasteiger partial charge on any atom is 0.270 e. The number of nitrogens with one attached hydrogen (secondary N) is 1. The SMILES string of the molecule is Cc1ccc2[nH]c(C(=O)N3CCN(S(=O)(=O)c4ccc(Br)cc4)CC3)cc2c1. The van der Waals surface area contributed by atoms with Crippen LogP contribution in [0.25, 0.3) is 10.9 Å². The molecule has 1 N–H and O–H groups in total. The molecule has 0 radical (unpaired) electrons. The smallest absolute Gasteiger partial charge is 0.270 e. The molecule has 0 saturated carbocycles. The summed E-state index contributed by atoms with van der Waals surface area (Å²) < 4.78 is 27.9. The van der Waals surface area contributed by atoms with E-state index in [4.69, 9.17) is 0 Å². The molecule has 0 aliphatic carbocycles. The van der Waals surface area contributed by atoms with Crippen LogP contribution >= 0.6 is 15.9 Å². The van der Waals surface area contributed by atoms with Gasteiger partial charge in [-0.2, -0.15) is 4.31 Å². The van der Waals surface area contributed by atoms with E-state index < -0.39 is 10.0 Å². The van der Waals surface area contributed by atoms with Crippen LogP contribution in [0.1, 0.15) is 16.1 Å².